The van der Waals surface area contributed by atoms with E-state index in [1.54, 1.807) is 68.4 Å². The number of H-pyrrole nitrogens is 1. The van der Waals surface area contributed by atoms with Gasteiger partial charge in [-0.1, -0.05) is 62.4 Å². The number of carboxylic acids is 1. The molecule has 1 aromatic heterocycles. The summed E-state index contributed by atoms with van der Waals surface area (Å²) in [4.78, 5) is 87.6. The smallest absolute Gasteiger partial charge is 0.417 e. The number of carbonyl (C=O) groups excluding carboxylic acids is 4. The van der Waals surface area contributed by atoms with Crippen molar-refractivity contribution in [3.8, 4) is 0 Å². The molecule has 14 nitrogen and oxygen atoms in total. The van der Waals surface area contributed by atoms with Crippen molar-refractivity contribution in [3.63, 3.8) is 0 Å². The number of aliphatic carboxylic acids is 1. The van der Waals surface area contributed by atoms with E-state index in [4.69, 9.17) is 4.74 Å². The zero-order valence-corrected chi connectivity index (χ0v) is 25.5. The summed E-state index contributed by atoms with van der Waals surface area (Å²) in [5.74, 6) is -3.86. The number of fused-ring (bicyclic) bond motifs is 1. The number of ether oxygens (including phenoxy) is 1. The van der Waals surface area contributed by atoms with E-state index >= 15 is 0 Å². The first-order valence-corrected chi connectivity index (χ1v) is 15.9. The first-order chi connectivity index (χ1) is 21.3. The maximum absolute atomic E-state index is 13.4. The molecule has 2 aromatic carbocycles. The molecule has 0 bridgehead atoms. The van der Waals surface area contributed by atoms with Crippen LogP contribution in [0.4, 0.5) is 4.79 Å². The number of likely N-dealkylation sites (tertiary alicyclic amines) is 1. The lowest BCUT2D eigenvalue weighted by Crippen LogP contribution is -2.56. The molecule has 1 aliphatic heterocycles. The van der Waals surface area contributed by atoms with E-state index in [0.717, 1.165) is 4.90 Å². The molecule has 0 radical (unpaired) electrons. The maximum Gasteiger partial charge on any atom is 0.417 e. The molecule has 0 saturated carbocycles. The molecular formula is C30H35N4O10P. The lowest BCUT2D eigenvalue weighted by molar-refractivity contribution is -0.142. The van der Waals surface area contributed by atoms with Crippen molar-refractivity contribution in [1.82, 2.24) is 20.5 Å². The Morgan fingerprint density at radius 2 is 1.69 bits per heavy atom. The molecule has 3 aromatic rings. The van der Waals surface area contributed by atoms with Gasteiger partial charge in [0.25, 0.3) is 0 Å². The number of benzene rings is 2. The molecular weight excluding hydrogens is 607 g/mol. The fourth-order valence-electron chi connectivity index (χ4n) is 5.24. The Bertz CT molecular complexity index is 1630. The van der Waals surface area contributed by atoms with Crippen LogP contribution in [-0.4, -0.2) is 72.7 Å². The number of nitrogens with zero attached hydrogens (tertiary/aromatic N) is 1. The minimum atomic E-state index is -4.85. The number of rotatable bonds is 12. The van der Waals surface area contributed by atoms with Gasteiger partial charge in [-0.2, -0.15) is 0 Å². The molecule has 0 aliphatic carbocycles. The van der Waals surface area contributed by atoms with Crippen molar-refractivity contribution in [2.75, 3.05) is 0 Å². The Balaban J connectivity index is 1.50. The molecule has 0 spiro atoms. The van der Waals surface area contributed by atoms with Crippen molar-refractivity contribution in [2.45, 2.75) is 64.3 Å². The van der Waals surface area contributed by atoms with Gasteiger partial charge in [0.2, 0.25) is 17.7 Å². The van der Waals surface area contributed by atoms with Crippen molar-refractivity contribution in [2.24, 2.45) is 5.92 Å². The van der Waals surface area contributed by atoms with Gasteiger partial charge in [0, 0.05) is 23.7 Å². The van der Waals surface area contributed by atoms with E-state index in [-0.39, 0.29) is 37.4 Å². The SMILES string of the molecule is CC(C)C[C@H](NC(=O)[C@@H]1CCC(=O)N1C(=O)OCc1ccccc1)C(=O)N[C@@H](Cc1c(P(=O)(O)O)[nH]c2ccccc12)C(=O)O. The fraction of sp³-hybridized carbons (Fsp3) is 0.367. The number of nitrogens with one attached hydrogen (secondary N) is 3. The molecule has 6 N–H and O–H groups in total. The number of carboxylic acid groups (broad SMARTS) is 1. The van der Waals surface area contributed by atoms with Crippen molar-refractivity contribution in [1.29, 1.82) is 0 Å². The first-order valence-electron chi connectivity index (χ1n) is 14.3. The number of amides is 4. The first kappa shape index (κ1) is 33.4. The molecule has 4 amide bonds. The number of para-hydroxylation sites is 1. The van der Waals surface area contributed by atoms with Crippen LogP contribution >= 0.6 is 7.60 Å². The van der Waals surface area contributed by atoms with E-state index in [9.17, 15) is 43.4 Å². The number of aromatic amines is 1. The Morgan fingerprint density at radius 1 is 1.02 bits per heavy atom. The zero-order valence-electron chi connectivity index (χ0n) is 24.6. The minimum absolute atomic E-state index is 0.00455. The topological polar surface area (TPSA) is 215 Å². The average molecular weight is 643 g/mol. The maximum atomic E-state index is 13.4. The second kappa shape index (κ2) is 14.1. The highest BCUT2D eigenvalue weighted by Crippen LogP contribution is 2.37. The highest BCUT2D eigenvalue weighted by molar-refractivity contribution is 7.60. The van der Waals surface area contributed by atoms with E-state index in [2.05, 4.69) is 15.6 Å². The molecule has 1 fully saturated rings. The van der Waals surface area contributed by atoms with Crippen LogP contribution in [0.1, 0.15) is 44.2 Å². The van der Waals surface area contributed by atoms with Crippen LogP contribution in [0, 0.1) is 5.92 Å². The standard InChI is InChI=1S/C30H35N4O10P/c1-17(2)14-22(31-27(37)24-12-13-25(35)34(24)30(40)44-16-18-8-4-3-5-9-18)26(36)32-23(29(38)39)15-20-19-10-6-7-11-21(19)33-28(20)45(41,42)43/h3-11,17,22-24,33H,12-16H2,1-2H3,(H,31,37)(H,32,36)(H,38,39)(H2,41,42,43)/t22-,23-,24-/m0/s1. The highest BCUT2D eigenvalue weighted by Gasteiger charge is 2.42. The van der Waals surface area contributed by atoms with Crippen LogP contribution in [0.25, 0.3) is 10.9 Å². The molecule has 1 saturated heterocycles. The molecule has 4 rings (SSSR count). The Morgan fingerprint density at radius 3 is 2.33 bits per heavy atom. The second-order valence-corrected chi connectivity index (χ2v) is 12.7. The lowest BCUT2D eigenvalue weighted by Gasteiger charge is -2.26. The Labute approximate surface area is 258 Å². The van der Waals surface area contributed by atoms with E-state index in [1.807, 2.05) is 0 Å². The van der Waals surface area contributed by atoms with Crippen LogP contribution in [0.2, 0.25) is 0 Å². The predicted molar refractivity (Wildman–Crippen MR) is 161 cm³/mol. The number of aromatic nitrogens is 1. The Kier molecular flexibility index (Phi) is 10.4. The van der Waals surface area contributed by atoms with Gasteiger partial charge >= 0.3 is 19.7 Å². The number of imide groups is 1. The van der Waals surface area contributed by atoms with E-state index in [1.165, 1.54) is 0 Å². The van der Waals surface area contributed by atoms with Crippen LogP contribution in [0.5, 0.6) is 0 Å². The third kappa shape index (κ3) is 8.15. The van der Waals surface area contributed by atoms with Crippen LogP contribution in [0.15, 0.2) is 54.6 Å². The summed E-state index contributed by atoms with van der Waals surface area (Å²) in [6.07, 6.45) is -1.47. The zero-order chi connectivity index (χ0) is 32.9. The second-order valence-electron chi connectivity index (χ2n) is 11.2. The number of carbonyl (C=O) groups is 5. The molecule has 240 valence electrons. The minimum Gasteiger partial charge on any atom is -0.480 e. The summed E-state index contributed by atoms with van der Waals surface area (Å²) in [6, 6.07) is 11.1. The molecule has 3 atom stereocenters. The largest absolute Gasteiger partial charge is 0.480 e. The molecule has 45 heavy (non-hydrogen) atoms. The van der Waals surface area contributed by atoms with Crippen LogP contribution in [0.3, 0.4) is 0 Å². The predicted octanol–water partition coefficient (Wildman–Crippen LogP) is 1.94. The van der Waals surface area contributed by atoms with Gasteiger partial charge in [0.15, 0.2) is 0 Å². The lowest BCUT2D eigenvalue weighted by atomic mass is 10.0. The fourth-order valence-corrected chi connectivity index (χ4v) is 6.07. The van der Waals surface area contributed by atoms with Gasteiger partial charge in [0.05, 0.1) is 0 Å². The van der Waals surface area contributed by atoms with Gasteiger partial charge in [-0.25, -0.2) is 14.5 Å². The monoisotopic (exact) mass is 642 g/mol. The number of hydrogen-bond acceptors (Lipinski definition) is 7. The summed E-state index contributed by atoms with van der Waals surface area (Å²) >= 11 is 0. The van der Waals surface area contributed by atoms with Crippen LogP contribution < -0.4 is 16.1 Å². The third-order valence-electron chi connectivity index (χ3n) is 7.36. The van der Waals surface area contributed by atoms with Crippen molar-refractivity contribution >= 4 is 53.7 Å². The summed E-state index contributed by atoms with van der Waals surface area (Å²) in [6.45, 7) is 3.45. The highest BCUT2D eigenvalue weighted by atomic mass is 31.2. The normalized spacial score (nSPS) is 16.4. The summed E-state index contributed by atoms with van der Waals surface area (Å²) in [5, 5.41) is 15.3. The summed E-state index contributed by atoms with van der Waals surface area (Å²) in [7, 11) is -4.85. The quantitative estimate of drug-likeness (QED) is 0.158. The van der Waals surface area contributed by atoms with Crippen molar-refractivity contribution in [3.05, 3.63) is 65.7 Å². The van der Waals surface area contributed by atoms with Crippen LogP contribution in [-0.2, 0) is 41.5 Å². The number of hydrogen-bond donors (Lipinski definition) is 6. The van der Waals surface area contributed by atoms with Gasteiger partial charge < -0.3 is 35.2 Å². The summed E-state index contributed by atoms with van der Waals surface area (Å²) in [5.41, 5.74) is 0.636. The van der Waals surface area contributed by atoms with Gasteiger partial charge in [-0.3, -0.25) is 18.9 Å². The van der Waals surface area contributed by atoms with E-state index in [0.29, 0.717) is 16.5 Å². The van der Waals surface area contributed by atoms with Gasteiger partial charge in [0.1, 0.15) is 30.2 Å². The average Bonchev–Trinajstić information content (AvgIpc) is 3.56. The molecule has 2 heterocycles. The molecule has 15 heteroatoms. The molecule has 0 unspecified atom stereocenters. The van der Waals surface area contributed by atoms with Gasteiger partial charge in [-0.15, -0.1) is 0 Å². The summed E-state index contributed by atoms with van der Waals surface area (Å²) < 4.78 is 17.5. The molecule has 1 aliphatic rings. The van der Waals surface area contributed by atoms with Crippen molar-refractivity contribution < 1.29 is 48.2 Å². The van der Waals surface area contributed by atoms with Gasteiger partial charge in [-0.05, 0) is 36.0 Å². The van der Waals surface area contributed by atoms with E-state index < -0.39 is 67.4 Å². The Hall–Kier alpha value is -4.52. The third-order valence-corrected chi connectivity index (χ3v) is 8.33.